The highest BCUT2D eigenvalue weighted by Crippen LogP contribution is 2.12. The Morgan fingerprint density at radius 1 is 1.22 bits per heavy atom. The molecular formula is C17H25N3O3. The first-order chi connectivity index (χ1) is 11.2. The molecule has 0 spiro atoms. The lowest BCUT2D eigenvalue weighted by Gasteiger charge is -2.33. The number of urea groups is 1. The van der Waals surface area contributed by atoms with Crippen molar-refractivity contribution in [1.29, 1.82) is 0 Å². The zero-order valence-electron chi connectivity index (χ0n) is 13.7. The fourth-order valence-electron chi connectivity index (χ4n) is 2.60. The second kappa shape index (κ2) is 8.64. The van der Waals surface area contributed by atoms with Crippen LogP contribution >= 0.6 is 0 Å². The highest BCUT2D eigenvalue weighted by molar-refractivity contribution is 5.97. The molecule has 1 aliphatic rings. The van der Waals surface area contributed by atoms with Crippen LogP contribution in [0.5, 0.6) is 0 Å². The first-order valence-corrected chi connectivity index (χ1v) is 8.09. The molecule has 0 radical (unpaired) electrons. The molecule has 2 rings (SSSR count). The van der Waals surface area contributed by atoms with Gasteiger partial charge in [0.1, 0.15) is 0 Å². The lowest BCUT2D eigenvalue weighted by atomic mass is 10.1. The van der Waals surface area contributed by atoms with Crippen LogP contribution in [0.1, 0.15) is 29.3 Å². The second-order valence-corrected chi connectivity index (χ2v) is 5.63. The van der Waals surface area contributed by atoms with Crippen molar-refractivity contribution in [3.8, 4) is 0 Å². The summed E-state index contributed by atoms with van der Waals surface area (Å²) in [6, 6.07) is 7.37. The van der Waals surface area contributed by atoms with E-state index >= 15 is 0 Å². The van der Waals surface area contributed by atoms with E-state index in [0.717, 1.165) is 12.0 Å². The maximum absolute atomic E-state index is 12.6. The normalized spacial score (nSPS) is 14.6. The Bertz CT molecular complexity index is 524. The molecule has 2 amide bonds. The van der Waals surface area contributed by atoms with Gasteiger partial charge in [-0.1, -0.05) is 31.2 Å². The van der Waals surface area contributed by atoms with Crippen molar-refractivity contribution in [3.63, 3.8) is 0 Å². The summed E-state index contributed by atoms with van der Waals surface area (Å²) in [5, 5.41) is 0. The van der Waals surface area contributed by atoms with Gasteiger partial charge in [0.15, 0.2) is 5.78 Å². The molecule has 0 bridgehead atoms. The highest BCUT2D eigenvalue weighted by Gasteiger charge is 2.22. The zero-order valence-corrected chi connectivity index (χ0v) is 13.7. The number of carbonyl (C=O) groups excluding carboxylic acids is 2. The van der Waals surface area contributed by atoms with E-state index in [1.165, 1.54) is 0 Å². The van der Waals surface area contributed by atoms with Gasteiger partial charge in [-0.3, -0.25) is 4.79 Å². The minimum Gasteiger partial charge on any atom is -0.378 e. The zero-order chi connectivity index (χ0) is 16.7. The molecule has 1 heterocycles. The summed E-state index contributed by atoms with van der Waals surface area (Å²) in [6.07, 6.45) is 0.903. The molecule has 23 heavy (non-hydrogen) atoms. The summed E-state index contributed by atoms with van der Waals surface area (Å²) in [7, 11) is 0. The van der Waals surface area contributed by atoms with Crippen molar-refractivity contribution in [2.24, 2.45) is 5.73 Å². The van der Waals surface area contributed by atoms with Gasteiger partial charge in [-0.25, -0.2) is 4.79 Å². The van der Waals surface area contributed by atoms with Gasteiger partial charge in [0.2, 0.25) is 0 Å². The monoisotopic (exact) mass is 319 g/mol. The van der Waals surface area contributed by atoms with E-state index in [-0.39, 0.29) is 18.4 Å². The average molecular weight is 319 g/mol. The van der Waals surface area contributed by atoms with E-state index in [0.29, 0.717) is 45.0 Å². The summed E-state index contributed by atoms with van der Waals surface area (Å²) < 4.78 is 5.30. The van der Waals surface area contributed by atoms with Crippen LogP contribution in [-0.2, 0) is 11.3 Å². The largest absolute Gasteiger partial charge is 0.378 e. The number of carbonyl (C=O) groups is 2. The van der Waals surface area contributed by atoms with Gasteiger partial charge in [0.25, 0.3) is 0 Å². The van der Waals surface area contributed by atoms with E-state index in [4.69, 9.17) is 10.5 Å². The average Bonchev–Trinajstić information content (AvgIpc) is 2.61. The molecule has 0 unspecified atom stereocenters. The van der Waals surface area contributed by atoms with Crippen LogP contribution in [0.3, 0.4) is 0 Å². The van der Waals surface area contributed by atoms with Crippen molar-refractivity contribution in [2.75, 3.05) is 39.4 Å². The molecule has 1 aliphatic heterocycles. The molecule has 0 aromatic heterocycles. The predicted molar refractivity (Wildman–Crippen MR) is 88.3 cm³/mol. The number of Topliss-reactive ketones (excluding diaryl/α,β-unsaturated/α-hetero) is 1. The van der Waals surface area contributed by atoms with Gasteiger partial charge in [-0.15, -0.1) is 0 Å². The van der Waals surface area contributed by atoms with Gasteiger partial charge in [-0.05, 0) is 12.0 Å². The maximum Gasteiger partial charge on any atom is 0.320 e. The topological polar surface area (TPSA) is 75.9 Å². The summed E-state index contributed by atoms with van der Waals surface area (Å²) in [5.41, 5.74) is 6.98. The van der Waals surface area contributed by atoms with E-state index < -0.39 is 0 Å². The highest BCUT2D eigenvalue weighted by atomic mass is 16.5. The van der Waals surface area contributed by atoms with Crippen molar-refractivity contribution in [3.05, 3.63) is 35.4 Å². The molecular weight excluding hydrogens is 294 g/mol. The fourth-order valence-corrected chi connectivity index (χ4v) is 2.60. The maximum atomic E-state index is 12.6. The first kappa shape index (κ1) is 17.4. The molecule has 0 atom stereocenters. The molecule has 1 aromatic carbocycles. The molecule has 2 N–H and O–H groups in total. The van der Waals surface area contributed by atoms with Crippen LogP contribution < -0.4 is 5.73 Å². The second-order valence-electron chi connectivity index (χ2n) is 5.63. The predicted octanol–water partition coefficient (Wildman–Crippen LogP) is 1.49. The molecule has 126 valence electrons. The number of ether oxygens (including phenoxy) is 1. The van der Waals surface area contributed by atoms with E-state index in [2.05, 4.69) is 6.92 Å². The van der Waals surface area contributed by atoms with Crippen molar-refractivity contribution in [2.45, 2.75) is 19.9 Å². The number of morpholine rings is 1. The SMILES string of the molecule is CCCN(Cc1ccc(C(=O)CN)cc1)C(=O)N1CCOCC1. The van der Waals surface area contributed by atoms with Crippen LogP contribution in [0, 0.1) is 0 Å². The van der Waals surface area contributed by atoms with Gasteiger partial charge >= 0.3 is 6.03 Å². The number of nitrogens with zero attached hydrogens (tertiary/aromatic N) is 2. The van der Waals surface area contributed by atoms with E-state index in [9.17, 15) is 9.59 Å². The standard InChI is InChI=1S/C17H25N3O3/c1-2-7-20(17(22)19-8-10-23-11-9-19)13-14-3-5-15(6-4-14)16(21)12-18/h3-6H,2,7-13,18H2,1H3. The number of benzene rings is 1. The Morgan fingerprint density at radius 3 is 2.43 bits per heavy atom. The fraction of sp³-hybridized carbons (Fsp3) is 0.529. The van der Waals surface area contributed by atoms with Crippen LogP contribution in [-0.4, -0.2) is 61.0 Å². The van der Waals surface area contributed by atoms with Crippen molar-refractivity contribution < 1.29 is 14.3 Å². The molecule has 1 saturated heterocycles. The molecule has 6 heteroatoms. The lowest BCUT2D eigenvalue weighted by molar-refractivity contribution is 0.0426. The lowest BCUT2D eigenvalue weighted by Crippen LogP contribution is -2.48. The van der Waals surface area contributed by atoms with Gasteiger partial charge in [0, 0.05) is 31.7 Å². The smallest absolute Gasteiger partial charge is 0.320 e. The van der Waals surface area contributed by atoms with Crippen LogP contribution in [0.2, 0.25) is 0 Å². The minimum absolute atomic E-state index is 0.0107. The summed E-state index contributed by atoms with van der Waals surface area (Å²) in [4.78, 5) is 27.9. The van der Waals surface area contributed by atoms with Crippen molar-refractivity contribution in [1.82, 2.24) is 9.80 Å². The molecule has 0 saturated carbocycles. The number of amides is 2. The summed E-state index contributed by atoms with van der Waals surface area (Å²) in [5.74, 6) is -0.0774. The number of hydrogen-bond acceptors (Lipinski definition) is 4. The van der Waals surface area contributed by atoms with Crippen LogP contribution in [0.15, 0.2) is 24.3 Å². The Labute approximate surface area is 137 Å². The number of nitrogens with two attached hydrogens (primary N) is 1. The van der Waals surface area contributed by atoms with Crippen LogP contribution in [0.25, 0.3) is 0 Å². The van der Waals surface area contributed by atoms with E-state index in [1.807, 2.05) is 21.9 Å². The van der Waals surface area contributed by atoms with Crippen LogP contribution in [0.4, 0.5) is 4.79 Å². The molecule has 1 aromatic rings. The third-order valence-corrected chi connectivity index (χ3v) is 3.88. The Hall–Kier alpha value is -1.92. The van der Waals surface area contributed by atoms with Crippen molar-refractivity contribution >= 4 is 11.8 Å². The Kier molecular flexibility index (Phi) is 6.55. The minimum atomic E-state index is -0.0774. The van der Waals surface area contributed by atoms with Gasteiger partial charge in [0.05, 0.1) is 19.8 Å². The molecule has 6 nitrogen and oxygen atoms in total. The molecule has 1 fully saturated rings. The Balaban J connectivity index is 2.03. The van der Waals surface area contributed by atoms with Gasteiger partial charge < -0.3 is 20.3 Å². The van der Waals surface area contributed by atoms with Gasteiger partial charge in [-0.2, -0.15) is 0 Å². The quantitative estimate of drug-likeness (QED) is 0.806. The molecule has 0 aliphatic carbocycles. The third kappa shape index (κ3) is 4.77. The summed E-state index contributed by atoms with van der Waals surface area (Å²) in [6.45, 7) is 5.80. The number of ketones is 1. The number of hydrogen-bond donors (Lipinski definition) is 1. The first-order valence-electron chi connectivity index (χ1n) is 8.09. The third-order valence-electron chi connectivity index (χ3n) is 3.88. The summed E-state index contributed by atoms with van der Waals surface area (Å²) >= 11 is 0. The number of rotatable bonds is 6. The Morgan fingerprint density at radius 2 is 1.87 bits per heavy atom. The van der Waals surface area contributed by atoms with E-state index in [1.54, 1.807) is 12.1 Å².